The van der Waals surface area contributed by atoms with Crippen LogP contribution in [0, 0.1) is 0 Å². The molecule has 1 aromatic carbocycles. The van der Waals surface area contributed by atoms with Crippen molar-refractivity contribution < 1.29 is 4.74 Å². The number of anilines is 1. The second kappa shape index (κ2) is 3.50. The van der Waals surface area contributed by atoms with E-state index >= 15 is 0 Å². The number of hydrogen-bond donors (Lipinski definition) is 1. The van der Waals surface area contributed by atoms with E-state index in [0.29, 0.717) is 0 Å². The SMILES string of the molecule is CCc1sc2cccc(OC)c2c1N. The number of thiophene rings is 1. The number of rotatable bonds is 2. The summed E-state index contributed by atoms with van der Waals surface area (Å²) in [4.78, 5) is 1.24. The van der Waals surface area contributed by atoms with Gasteiger partial charge in [0.2, 0.25) is 0 Å². The molecule has 0 atom stereocenters. The normalized spacial score (nSPS) is 10.7. The molecule has 2 N–H and O–H groups in total. The van der Waals surface area contributed by atoms with Gasteiger partial charge in [-0.25, -0.2) is 0 Å². The predicted molar refractivity (Wildman–Crippen MR) is 62.2 cm³/mol. The van der Waals surface area contributed by atoms with Crippen molar-refractivity contribution in [3.05, 3.63) is 23.1 Å². The molecule has 3 heteroatoms. The Labute approximate surface area is 87.3 Å². The first-order valence-corrected chi connectivity index (χ1v) is 5.43. The fourth-order valence-electron chi connectivity index (χ4n) is 1.62. The van der Waals surface area contributed by atoms with Crippen molar-refractivity contribution in [3.63, 3.8) is 0 Å². The van der Waals surface area contributed by atoms with Crippen LogP contribution >= 0.6 is 11.3 Å². The molecule has 0 fully saturated rings. The number of benzene rings is 1. The molecule has 0 aliphatic carbocycles. The van der Waals surface area contributed by atoms with Crippen molar-refractivity contribution in [2.45, 2.75) is 13.3 Å². The van der Waals surface area contributed by atoms with Crippen LogP contribution in [0.5, 0.6) is 5.75 Å². The molecule has 0 saturated carbocycles. The largest absolute Gasteiger partial charge is 0.496 e. The topological polar surface area (TPSA) is 35.2 Å². The highest BCUT2D eigenvalue weighted by molar-refractivity contribution is 7.19. The van der Waals surface area contributed by atoms with Gasteiger partial charge in [-0.2, -0.15) is 0 Å². The Balaban J connectivity index is 2.79. The summed E-state index contributed by atoms with van der Waals surface area (Å²) in [6, 6.07) is 6.03. The van der Waals surface area contributed by atoms with Crippen molar-refractivity contribution >= 4 is 27.1 Å². The lowest BCUT2D eigenvalue weighted by atomic mass is 10.2. The van der Waals surface area contributed by atoms with Gasteiger partial charge in [-0.3, -0.25) is 0 Å². The number of nitrogen functional groups attached to an aromatic ring is 1. The summed E-state index contributed by atoms with van der Waals surface area (Å²) in [5.41, 5.74) is 6.94. The Morgan fingerprint density at radius 3 is 2.86 bits per heavy atom. The van der Waals surface area contributed by atoms with E-state index in [1.807, 2.05) is 12.1 Å². The molecule has 0 radical (unpaired) electrons. The van der Waals surface area contributed by atoms with Crippen molar-refractivity contribution in [2.75, 3.05) is 12.8 Å². The molecule has 0 spiro atoms. The lowest BCUT2D eigenvalue weighted by Gasteiger charge is -2.01. The number of aryl methyl sites for hydroxylation is 1. The molecule has 74 valence electrons. The van der Waals surface area contributed by atoms with Crippen molar-refractivity contribution in [2.24, 2.45) is 0 Å². The maximum atomic E-state index is 6.06. The molecular formula is C11H13NOS. The number of hydrogen-bond acceptors (Lipinski definition) is 3. The number of nitrogens with two attached hydrogens (primary N) is 1. The molecule has 2 aromatic rings. The van der Waals surface area contributed by atoms with Crippen molar-refractivity contribution in [3.8, 4) is 5.75 Å². The third-order valence-corrected chi connectivity index (χ3v) is 3.65. The van der Waals surface area contributed by atoms with E-state index in [1.54, 1.807) is 18.4 Å². The minimum atomic E-state index is 0.871. The summed E-state index contributed by atoms with van der Waals surface area (Å²) >= 11 is 1.75. The molecule has 0 aliphatic heterocycles. The van der Waals surface area contributed by atoms with E-state index < -0.39 is 0 Å². The lowest BCUT2D eigenvalue weighted by Crippen LogP contribution is -1.89. The molecular weight excluding hydrogens is 194 g/mol. The van der Waals surface area contributed by atoms with Gasteiger partial charge in [0.05, 0.1) is 18.2 Å². The average Bonchev–Trinajstić information content (AvgIpc) is 2.55. The van der Waals surface area contributed by atoms with Gasteiger partial charge in [0, 0.05) is 9.58 Å². The molecule has 14 heavy (non-hydrogen) atoms. The molecule has 2 rings (SSSR count). The highest BCUT2D eigenvalue weighted by atomic mass is 32.1. The Morgan fingerprint density at radius 1 is 1.43 bits per heavy atom. The third kappa shape index (κ3) is 1.24. The summed E-state index contributed by atoms with van der Waals surface area (Å²) in [6.45, 7) is 2.12. The zero-order valence-corrected chi connectivity index (χ0v) is 9.15. The molecule has 0 aliphatic rings. The van der Waals surface area contributed by atoms with E-state index in [0.717, 1.165) is 23.2 Å². The zero-order chi connectivity index (χ0) is 10.1. The summed E-state index contributed by atoms with van der Waals surface area (Å²) in [6.07, 6.45) is 0.980. The van der Waals surface area contributed by atoms with Gasteiger partial charge in [-0.15, -0.1) is 11.3 Å². The van der Waals surface area contributed by atoms with Crippen LogP contribution in [0.3, 0.4) is 0 Å². The van der Waals surface area contributed by atoms with Crippen LogP contribution in [0.1, 0.15) is 11.8 Å². The van der Waals surface area contributed by atoms with Gasteiger partial charge in [-0.05, 0) is 18.6 Å². The van der Waals surface area contributed by atoms with Gasteiger partial charge < -0.3 is 10.5 Å². The summed E-state index contributed by atoms with van der Waals surface area (Å²) in [7, 11) is 1.68. The molecule has 2 nitrogen and oxygen atoms in total. The molecule has 0 unspecified atom stereocenters. The summed E-state index contributed by atoms with van der Waals surface area (Å²) in [5.74, 6) is 0.871. The lowest BCUT2D eigenvalue weighted by molar-refractivity contribution is 0.420. The van der Waals surface area contributed by atoms with E-state index in [2.05, 4.69) is 13.0 Å². The zero-order valence-electron chi connectivity index (χ0n) is 8.33. The summed E-state index contributed by atoms with van der Waals surface area (Å²) in [5, 5.41) is 1.07. The standard InChI is InChI=1S/C11H13NOS/c1-3-8-11(12)10-7(13-2)5-4-6-9(10)14-8/h4-6H,3,12H2,1-2H3. The molecule has 1 heterocycles. The van der Waals surface area contributed by atoms with Crippen LogP contribution in [-0.2, 0) is 6.42 Å². The first-order chi connectivity index (χ1) is 6.77. The number of fused-ring (bicyclic) bond motifs is 1. The minimum absolute atomic E-state index is 0.871. The van der Waals surface area contributed by atoms with Gasteiger partial charge >= 0.3 is 0 Å². The van der Waals surface area contributed by atoms with Crippen LogP contribution in [-0.4, -0.2) is 7.11 Å². The Hall–Kier alpha value is -1.22. The first kappa shape index (κ1) is 9.34. The predicted octanol–water partition coefficient (Wildman–Crippen LogP) is 3.05. The maximum absolute atomic E-state index is 6.06. The van der Waals surface area contributed by atoms with E-state index in [4.69, 9.17) is 10.5 Å². The van der Waals surface area contributed by atoms with Crippen molar-refractivity contribution in [1.29, 1.82) is 0 Å². The first-order valence-electron chi connectivity index (χ1n) is 4.61. The second-order valence-electron chi connectivity index (χ2n) is 3.13. The smallest absolute Gasteiger partial charge is 0.129 e. The highest BCUT2D eigenvalue weighted by Crippen LogP contribution is 2.39. The molecule has 0 bridgehead atoms. The van der Waals surface area contributed by atoms with E-state index in [1.165, 1.54) is 9.58 Å². The third-order valence-electron chi connectivity index (χ3n) is 2.33. The fraction of sp³-hybridized carbons (Fsp3) is 0.273. The molecule has 0 amide bonds. The van der Waals surface area contributed by atoms with E-state index in [9.17, 15) is 0 Å². The number of methoxy groups -OCH3 is 1. The average molecular weight is 207 g/mol. The summed E-state index contributed by atoms with van der Waals surface area (Å²) < 4.78 is 6.50. The van der Waals surface area contributed by atoms with Crippen LogP contribution in [0.2, 0.25) is 0 Å². The van der Waals surface area contributed by atoms with Crippen LogP contribution in [0.4, 0.5) is 5.69 Å². The Morgan fingerprint density at radius 2 is 2.21 bits per heavy atom. The Bertz CT molecular complexity index is 462. The van der Waals surface area contributed by atoms with Crippen LogP contribution in [0.15, 0.2) is 18.2 Å². The van der Waals surface area contributed by atoms with Gasteiger partial charge in [0.15, 0.2) is 0 Å². The maximum Gasteiger partial charge on any atom is 0.129 e. The monoisotopic (exact) mass is 207 g/mol. The minimum Gasteiger partial charge on any atom is -0.496 e. The number of ether oxygens (including phenoxy) is 1. The van der Waals surface area contributed by atoms with Crippen molar-refractivity contribution in [1.82, 2.24) is 0 Å². The molecule has 0 saturated heterocycles. The molecule has 1 aromatic heterocycles. The van der Waals surface area contributed by atoms with Crippen LogP contribution < -0.4 is 10.5 Å². The Kier molecular flexibility index (Phi) is 2.33. The quantitative estimate of drug-likeness (QED) is 0.821. The second-order valence-corrected chi connectivity index (χ2v) is 4.26. The van der Waals surface area contributed by atoms with Gasteiger partial charge in [0.25, 0.3) is 0 Å². The van der Waals surface area contributed by atoms with Gasteiger partial charge in [-0.1, -0.05) is 13.0 Å². The van der Waals surface area contributed by atoms with E-state index in [-0.39, 0.29) is 0 Å². The van der Waals surface area contributed by atoms with Gasteiger partial charge in [0.1, 0.15) is 5.75 Å². The fourth-order valence-corrected chi connectivity index (χ4v) is 2.70. The van der Waals surface area contributed by atoms with Crippen LogP contribution in [0.25, 0.3) is 10.1 Å². The highest BCUT2D eigenvalue weighted by Gasteiger charge is 2.11.